The highest BCUT2D eigenvalue weighted by molar-refractivity contribution is 6.06. The molecule has 1 heterocycles. The number of pyridine rings is 1. The van der Waals surface area contributed by atoms with Gasteiger partial charge in [0.2, 0.25) is 0 Å². The Morgan fingerprint density at radius 1 is 1.20 bits per heavy atom. The van der Waals surface area contributed by atoms with Gasteiger partial charge in [-0.2, -0.15) is 0 Å². The first-order valence-corrected chi connectivity index (χ1v) is 8.01. The monoisotopic (exact) mass is 342 g/mol. The number of amides is 2. The third-order valence-corrected chi connectivity index (χ3v) is 4.19. The molecule has 1 aliphatic carbocycles. The van der Waals surface area contributed by atoms with E-state index in [0.29, 0.717) is 10.9 Å². The van der Waals surface area contributed by atoms with Gasteiger partial charge in [-0.25, -0.2) is 9.59 Å². The molecule has 0 fully saturated rings. The lowest BCUT2D eigenvalue weighted by atomic mass is 10.0. The average molecular weight is 342 g/mol. The number of benzene rings is 1. The number of methoxy groups -OCH3 is 1. The topological polar surface area (TPSA) is 94.6 Å². The summed E-state index contributed by atoms with van der Waals surface area (Å²) < 4.78 is 9.65. The summed E-state index contributed by atoms with van der Waals surface area (Å²) in [7, 11) is 1.14. The quantitative estimate of drug-likeness (QED) is 0.859. The molecule has 0 bridgehead atoms. The van der Waals surface area contributed by atoms with Crippen molar-refractivity contribution in [3.8, 4) is 0 Å². The van der Waals surface area contributed by atoms with Crippen molar-refractivity contribution in [2.24, 2.45) is 0 Å². The molecule has 0 aliphatic heterocycles. The van der Waals surface area contributed by atoms with E-state index in [9.17, 15) is 14.4 Å². The number of carbonyl (C=O) groups excluding carboxylic acids is 3. The van der Waals surface area contributed by atoms with Gasteiger partial charge in [-0.1, -0.05) is 18.2 Å². The smallest absolute Gasteiger partial charge is 0.413 e. The first kappa shape index (κ1) is 16.9. The average Bonchev–Trinajstić information content (AvgIpc) is 3.06. The molecule has 7 heteroatoms. The van der Waals surface area contributed by atoms with E-state index in [1.807, 2.05) is 29.6 Å². The molecule has 0 unspecified atom stereocenters. The number of aryl methyl sites for hydroxylation is 1. The van der Waals surface area contributed by atoms with Gasteiger partial charge in [-0.05, 0) is 37.8 Å². The molecule has 1 atom stereocenters. The standard InChI is InChI=1S/C18H18N2O5/c1-10(16(21)20-18(23)24-2)25-17(22)15-11-6-3-4-8-13(11)19-14-9-5-7-12(14)15/h3-4,6,8,10H,5,7,9H2,1-2H3,(H,20,21,23)/t10-/m1/s1. The van der Waals surface area contributed by atoms with E-state index in [1.54, 1.807) is 0 Å². The highest BCUT2D eigenvalue weighted by Crippen LogP contribution is 2.30. The van der Waals surface area contributed by atoms with Crippen LogP contribution in [0.2, 0.25) is 0 Å². The molecular formula is C18H18N2O5. The van der Waals surface area contributed by atoms with Crippen molar-refractivity contribution in [2.75, 3.05) is 7.11 Å². The van der Waals surface area contributed by atoms with E-state index < -0.39 is 24.1 Å². The summed E-state index contributed by atoms with van der Waals surface area (Å²) in [5.41, 5.74) is 2.96. The molecule has 1 aromatic heterocycles. The van der Waals surface area contributed by atoms with Gasteiger partial charge in [0.05, 0.1) is 18.2 Å². The Balaban J connectivity index is 1.90. The Bertz CT molecular complexity index is 862. The number of aromatic nitrogens is 1. The number of carbonyl (C=O) groups is 3. The summed E-state index contributed by atoms with van der Waals surface area (Å²) >= 11 is 0. The number of hydrogen-bond acceptors (Lipinski definition) is 6. The predicted molar refractivity (Wildman–Crippen MR) is 89.2 cm³/mol. The number of ether oxygens (including phenoxy) is 2. The number of para-hydroxylation sites is 1. The Hall–Kier alpha value is -2.96. The van der Waals surface area contributed by atoms with Gasteiger partial charge in [0.1, 0.15) is 0 Å². The van der Waals surface area contributed by atoms with Crippen molar-refractivity contribution >= 4 is 28.9 Å². The molecule has 0 spiro atoms. The van der Waals surface area contributed by atoms with Crippen LogP contribution in [-0.4, -0.2) is 36.2 Å². The van der Waals surface area contributed by atoms with E-state index in [0.717, 1.165) is 43.1 Å². The minimum absolute atomic E-state index is 0.454. The molecule has 2 amide bonds. The number of fused-ring (bicyclic) bond motifs is 2. The Kier molecular flexibility index (Phi) is 4.65. The van der Waals surface area contributed by atoms with Crippen LogP contribution in [0.3, 0.4) is 0 Å². The van der Waals surface area contributed by atoms with Gasteiger partial charge in [0, 0.05) is 11.1 Å². The van der Waals surface area contributed by atoms with Crippen LogP contribution >= 0.6 is 0 Å². The normalized spacial score (nSPS) is 13.8. The predicted octanol–water partition coefficient (Wildman–Crippen LogP) is 2.15. The van der Waals surface area contributed by atoms with Crippen LogP contribution in [0.15, 0.2) is 24.3 Å². The first-order chi connectivity index (χ1) is 12.0. The summed E-state index contributed by atoms with van der Waals surface area (Å²) in [6.07, 6.45) is 0.468. The molecule has 1 aromatic carbocycles. The minimum Gasteiger partial charge on any atom is -0.453 e. The van der Waals surface area contributed by atoms with E-state index >= 15 is 0 Å². The summed E-state index contributed by atoms with van der Waals surface area (Å²) in [5, 5.41) is 2.69. The van der Waals surface area contributed by atoms with Gasteiger partial charge >= 0.3 is 12.1 Å². The van der Waals surface area contributed by atoms with E-state index in [1.165, 1.54) is 6.92 Å². The maximum Gasteiger partial charge on any atom is 0.413 e. The molecule has 1 N–H and O–H groups in total. The zero-order chi connectivity index (χ0) is 18.0. The van der Waals surface area contributed by atoms with Gasteiger partial charge in [-0.15, -0.1) is 0 Å². The molecule has 1 aliphatic rings. The Morgan fingerprint density at radius 2 is 1.96 bits per heavy atom. The van der Waals surface area contributed by atoms with Crippen molar-refractivity contribution < 1.29 is 23.9 Å². The fourth-order valence-corrected chi connectivity index (χ4v) is 2.97. The van der Waals surface area contributed by atoms with E-state index in [-0.39, 0.29) is 0 Å². The molecule has 7 nitrogen and oxygen atoms in total. The number of nitrogens with one attached hydrogen (secondary N) is 1. The molecule has 130 valence electrons. The van der Waals surface area contributed by atoms with E-state index in [2.05, 4.69) is 9.72 Å². The maximum atomic E-state index is 12.7. The number of alkyl carbamates (subject to hydrolysis) is 1. The van der Waals surface area contributed by atoms with Crippen LogP contribution in [0, 0.1) is 0 Å². The van der Waals surface area contributed by atoms with Crippen LogP contribution < -0.4 is 5.32 Å². The second-order valence-electron chi connectivity index (χ2n) is 5.81. The lowest BCUT2D eigenvalue weighted by Gasteiger charge is -2.15. The van der Waals surface area contributed by atoms with Crippen LogP contribution in [-0.2, 0) is 27.1 Å². The van der Waals surface area contributed by atoms with Crippen LogP contribution in [0.5, 0.6) is 0 Å². The highest BCUT2D eigenvalue weighted by Gasteiger charge is 2.27. The summed E-state index contributed by atoms with van der Waals surface area (Å²) in [4.78, 5) is 40.3. The largest absolute Gasteiger partial charge is 0.453 e. The van der Waals surface area contributed by atoms with E-state index in [4.69, 9.17) is 4.74 Å². The van der Waals surface area contributed by atoms with Gasteiger partial charge in [0.15, 0.2) is 6.10 Å². The number of esters is 1. The van der Waals surface area contributed by atoms with Crippen molar-refractivity contribution in [3.05, 3.63) is 41.1 Å². The fourth-order valence-electron chi connectivity index (χ4n) is 2.97. The minimum atomic E-state index is -1.13. The van der Waals surface area contributed by atoms with Crippen molar-refractivity contribution in [2.45, 2.75) is 32.3 Å². The van der Waals surface area contributed by atoms with Crippen molar-refractivity contribution in [1.29, 1.82) is 0 Å². The van der Waals surface area contributed by atoms with Crippen LogP contribution in [0.25, 0.3) is 10.9 Å². The maximum absolute atomic E-state index is 12.7. The number of imide groups is 1. The Morgan fingerprint density at radius 3 is 2.72 bits per heavy atom. The second kappa shape index (κ2) is 6.88. The molecular weight excluding hydrogens is 324 g/mol. The molecule has 2 aromatic rings. The molecule has 3 rings (SSSR count). The first-order valence-electron chi connectivity index (χ1n) is 8.01. The van der Waals surface area contributed by atoms with Crippen LogP contribution in [0.4, 0.5) is 4.79 Å². The van der Waals surface area contributed by atoms with Crippen molar-refractivity contribution in [3.63, 3.8) is 0 Å². The highest BCUT2D eigenvalue weighted by atomic mass is 16.6. The summed E-state index contributed by atoms with van der Waals surface area (Å²) in [6.45, 7) is 1.40. The van der Waals surface area contributed by atoms with Gasteiger partial charge < -0.3 is 9.47 Å². The van der Waals surface area contributed by atoms with Crippen molar-refractivity contribution in [1.82, 2.24) is 10.3 Å². The van der Waals surface area contributed by atoms with Crippen LogP contribution in [0.1, 0.15) is 35.0 Å². The van der Waals surface area contributed by atoms with Gasteiger partial charge in [0.25, 0.3) is 5.91 Å². The molecule has 0 saturated carbocycles. The molecule has 0 radical (unpaired) electrons. The van der Waals surface area contributed by atoms with Gasteiger partial charge in [-0.3, -0.25) is 15.1 Å². The lowest BCUT2D eigenvalue weighted by molar-refractivity contribution is -0.128. The third kappa shape index (κ3) is 3.31. The number of nitrogens with zero attached hydrogens (tertiary/aromatic N) is 1. The zero-order valence-corrected chi connectivity index (χ0v) is 14.0. The Labute approximate surface area is 144 Å². The number of hydrogen-bond donors (Lipinski definition) is 1. The molecule has 0 saturated heterocycles. The third-order valence-electron chi connectivity index (χ3n) is 4.19. The summed E-state index contributed by atoms with van der Waals surface area (Å²) in [5.74, 6) is -1.33. The lowest BCUT2D eigenvalue weighted by Crippen LogP contribution is -2.39. The second-order valence-corrected chi connectivity index (χ2v) is 5.81. The zero-order valence-electron chi connectivity index (χ0n) is 14.0. The fraction of sp³-hybridized carbons (Fsp3) is 0.333. The number of rotatable bonds is 3. The summed E-state index contributed by atoms with van der Waals surface area (Å²) in [6, 6.07) is 7.35. The SMILES string of the molecule is COC(=O)NC(=O)[C@@H](C)OC(=O)c1c2c(nc3ccccc13)CCC2. The molecule has 25 heavy (non-hydrogen) atoms.